The first-order valence-corrected chi connectivity index (χ1v) is 8.02. The quantitative estimate of drug-likeness (QED) is 0.812. The Morgan fingerprint density at radius 1 is 1.00 bits per heavy atom. The van der Waals surface area contributed by atoms with Crippen LogP contribution in [0, 0.1) is 5.41 Å². The normalized spacial score (nSPS) is 32.1. The summed E-state index contributed by atoms with van der Waals surface area (Å²) in [5.74, 6) is 0. The van der Waals surface area contributed by atoms with Crippen molar-refractivity contribution in [2.45, 2.75) is 74.2 Å². The van der Waals surface area contributed by atoms with E-state index >= 15 is 0 Å². The SMILES string of the molecule is NCC1(SC2CCCC2)CC2(CCCC2)C1. The summed E-state index contributed by atoms with van der Waals surface area (Å²) in [6, 6.07) is 0. The van der Waals surface area contributed by atoms with Crippen LogP contribution in [0.15, 0.2) is 0 Å². The van der Waals surface area contributed by atoms with Crippen molar-refractivity contribution < 1.29 is 0 Å². The third kappa shape index (κ3) is 1.92. The maximum atomic E-state index is 6.08. The minimum atomic E-state index is 0.499. The van der Waals surface area contributed by atoms with Crippen molar-refractivity contribution in [1.82, 2.24) is 0 Å². The molecule has 0 aromatic rings. The van der Waals surface area contributed by atoms with Crippen molar-refractivity contribution in [3.63, 3.8) is 0 Å². The highest BCUT2D eigenvalue weighted by Gasteiger charge is 2.55. The van der Waals surface area contributed by atoms with E-state index in [9.17, 15) is 0 Å². The minimum absolute atomic E-state index is 0.499. The zero-order valence-corrected chi connectivity index (χ0v) is 11.2. The summed E-state index contributed by atoms with van der Waals surface area (Å²) in [6.45, 7) is 0.927. The van der Waals surface area contributed by atoms with Gasteiger partial charge in [0.2, 0.25) is 0 Å². The summed E-state index contributed by atoms with van der Waals surface area (Å²) in [6.07, 6.45) is 14.7. The van der Waals surface area contributed by atoms with Crippen LogP contribution in [0.5, 0.6) is 0 Å². The molecule has 0 aromatic heterocycles. The second-order valence-electron chi connectivity index (χ2n) is 6.47. The molecule has 3 aliphatic carbocycles. The van der Waals surface area contributed by atoms with E-state index < -0.39 is 0 Å². The first-order chi connectivity index (χ1) is 7.76. The van der Waals surface area contributed by atoms with Gasteiger partial charge in [0.05, 0.1) is 0 Å². The molecule has 0 radical (unpaired) electrons. The molecule has 1 nitrogen and oxygen atoms in total. The largest absolute Gasteiger partial charge is 0.329 e. The molecule has 0 atom stereocenters. The first-order valence-electron chi connectivity index (χ1n) is 7.14. The predicted octanol–water partition coefficient (Wildman–Crippen LogP) is 3.71. The first kappa shape index (κ1) is 11.4. The Bertz CT molecular complexity index is 238. The van der Waals surface area contributed by atoms with Gasteiger partial charge in [-0.15, -0.1) is 0 Å². The lowest BCUT2D eigenvalue weighted by Crippen LogP contribution is -2.53. The number of nitrogens with two attached hydrogens (primary N) is 1. The molecule has 0 heterocycles. The highest BCUT2D eigenvalue weighted by molar-refractivity contribution is 8.01. The maximum Gasteiger partial charge on any atom is 0.0295 e. The predicted molar refractivity (Wildman–Crippen MR) is 71.8 cm³/mol. The minimum Gasteiger partial charge on any atom is -0.329 e. The molecule has 2 heteroatoms. The lowest BCUT2D eigenvalue weighted by molar-refractivity contribution is 0.0931. The van der Waals surface area contributed by atoms with Gasteiger partial charge in [-0.05, 0) is 43.9 Å². The fourth-order valence-electron chi connectivity index (χ4n) is 4.43. The van der Waals surface area contributed by atoms with Gasteiger partial charge >= 0.3 is 0 Å². The molecule has 0 aliphatic heterocycles. The van der Waals surface area contributed by atoms with Gasteiger partial charge in [0.25, 0.3) is 0 Å². The van der Waals surface area contributed by atoms with Crippen molar-refractivity contribution in [2.24, 2.45) is 11.1 Å². The van der Waals surface area contributed by atoms with Gasteiger partial charge in [-0.2, -0.15) is 11.8 Å². The molecule has 92 valence electrons. The molecule has 3 saturated carbocycles. The van der Waals surface area contributed by atoms with Crippen molar-refractivity contribution in [3.8, 4) is 0 Å². The Morgan fingerprint density at radius 3 is 2.19 bits per heavy atom. The van der Waals surface area contributed by atoms with E-state index in [2.05, 4.69) is 11.8 Å². The lowest BCUT2D eigenvalue weighted by Gasteiger charge is -2.55. The summed E-state index contributed by atoms with van der Waals surface area (Å²) in [5, 5.41) is 0.947. The zero-order chi connectivity index (χ0) is 11.1. The Hall–Kier alpha value is 0.310. The van der Waals surface area contributed by atoms with Crippen LogP contribution in [0.25, 0.3) is 0 Å². The van der Waals surface area contributed by atoms with Crippen LogP contribution in [0.4, 0.5) is 0 Å². The molecule has 0 bridgehead atoms. The molecule has 16 heavy (non-hydrogen) atoms. The van der Waals surface area contributed by atoms with Gasteiger partial charge in [0, 0.05) is 16.5 Å². The van der Waals surface area contributed by atoms with Crippen LogP contribution in [0.3, 0.4) is 0 Å². The van der Waals surface area contributed by atoms with Crippen molar-refractivity contribution in [2.75, 3.05) is 6.54 Å². The molecule has 3 rings (SSSR count). The third-order valence-electron chi connectivity index (χ3n) is 5.15. The fraction of sp³-hybridized carbons (Fsp3) is 1.00. The van der Waals surface area contributed by atoms with Gasteiger partial charge in [-0.25, -0.2) is 0 Å². The van der Waals surface area contributed by atoms with E-state index in [0.29, 0.717) is 4.75 Å². The van der Waals surface area contributed by atoms with Crippen LogP contribution in [0.2, 0.25) is 0 Å². The molecule has 0 aromatic carbocycles. The van der Waals surface area contributed by atoms with E-state index in [1.165, 1.54) is 64.2 Å². The van der Waals surface area contributed by atoms with Crippen molar-refractivity contribution >= 4 is 11.8 Å². The third-order valence-corrected chi connectivity index (χ3v) is 6.91. The Labute approximate surface area is 104 Å². The molecule has 0 amide bonds. The van der Waals surface area contributed by atoms with Crippen LogP contribution in [-0.2, 0) is 0 Å². The molecule has 2 N–H and O–H groups in total. The van der Waals surface area contributed by atoms with Crippen LogP contribution in [-0.4, -0.2) is 16.5 Å². The average Bonchev–Trinajstić information content (AvgIpc) is 2.87. The van der Waals surface area contributed by atoms with E-state index in [0.717, 1.165) is 17.2 Å². The smallest absolute Gasteiger partial charge is 0.0295 e. The van der Waals surface area contributed by atoms with Gasteiger partial charge in [-0.1, -0.05) is 25.7 Å². The summed E-state index contributed by atoms with van der Waals surface area (Å²) in [4.78, 5) is 0. The summed E-state index contributed by atoms with van der Waals surface area (Å²) in [5.41, 5.74) is 6.83. The summed E-state index contributed by atoms with van der Waals surface area (Å²) >= 11 is 2.28. The van der Waals surface area contributed by atoms with Gasteiger partial charge in [-0.3, -0.25) is 0 Å². The Balaban J connectivity index is 1.59. The molecule has 0 unspecified atom stereocenters. The van der Waals surface area contributed by atoms with Crippen LogP contribution < -0.4 is 5.73 Å². The maximum absolute atomic E-state index is 6.08. The van der Waals surface area contributed by atoms with Crippen LogP contribution in [0.1, 0.15) is 64.2 Å². The van der Waals surface area contributed by atoms with Gasteiger partial charge < -0.3 is 5.73 Å². The highest BCUT2D eigenvalue weighted by atomic mass is 32.2. The second-order valence-corrected chi connectivity index (χ2v) is 8.24. The van der Waals surface area contributed by atoms with Gasteiger partial charge in [0.15, 0.2) is 0 Å². The topological polar surface area (TPSA) is 26.0 Å². The standard InChI is InChI=1S/C14H25NS/c15-11-14(16-12-5-1-2-6-12)9-13(10-14)7-3-4-8-13/h12H,1-11,15H2. The van der Waals surface area contributed by atoms with Crippen LogP contribution >= 0.6 is 11.8 Å². The molecule has 3 fully saturated rings. The van der Waals surface area contributed by atoms with E-state index in [-0.39, 0.29) is 0 Å². The summed E-state index contributed by atoms with van der Waals surface area (Å²) < 4.78 is 0.499. The molecular formula is C14H25NS. The molecule has 1 spiro atoms. The number of rotatable bonds is 3. The number of hydrogen-bond donors (Lipinski definition) is 1. The van der Waals surface area contributed by atoms with Crippen molar-refractivity contribution in [1.29, 1.82) is 0 Å². The number of hydrogen-bond acceptors (Lipinski definition) is 2. The summed E-state index contributed by atoms with van der Waals surface area (Å²) in [7, 11) is 0. The highest BCUT2D eigenvalue weighted by Crippen LogP contribution is 2.63. The number of thioether (sulfide) groups is 1. The molecule has 0 saturated heterocycles. The van der Waals surface area contributed by atoms with Crippen molar-refractivity contribution in [3.05, 3.63) is 0 Å². The molecule has 3 aliphatic rings. The van der Waals surface area contributed by atoms with E-state index in [1.807, 2.05) is 0 Å². The van der Waals surface area contributed by atoms with E-state index in [1.54, 1.807) is 0 Å². The van der Waals surface area contributed by atoms with Gasteiger partial charge in [0.1, 0.15) is 0 Å². The fourth-order valence-corrected chi connectivity index (χ4v) is 6.58. The zero-order valence-electron chi connectivity index (χ0n) is 10.3. The second kappa shape index (κ2) is 4.20. The average molecular weight is 239 g/mol. The monoisotopic (exact) mass is 239 g/mol. The van der Waals surface area contributed by atoms with E-state index in [4.69, 9.17) is 5.73 Å². The Kier molecular flexibility index (Phi) is 3.00. The molecular weight excluding hydrogens is 214 g/mol. The lowest BCUT2D eigenvalue weighted by atomic mass is 9.60. The Morgan fingerprint density at radius 2 is 1.62 bits per heavy atom.